The van der Waals surface area contributed by atoms with Crippen molar-refractivity contribution in [1.29, 1.82) is 0 Å². The van der Waals surface area contributed by atoms with Crippen molar-refractivity contribution in [3.63, 3.8) is 0 Å². The van der Waals surface area contributed by atoms with E-state index in [0.29, 0.717) is 5.92 Å². The molecule has 1 unspecified atom stereocenters. The topological polar surface area (TPSA) is 16.4 Å². The number of nitrogens with zero attached hydrogens (tertiary/aromatic N) is 1. The van der Waals surface area contributed by atoms with Crippen molar-refractivity contribution in [3.05, 3.63) is 167 Å². The van der Waals surface area contributed by atoms with Gasteiger partial charge in [-0.25, -0.2) is 0 Å². The lowest BCUT2D eigenvalue weighted by Gasteiger charge is -2.30. The first-order valence-corrected chi connectivity index (χ1v) is 18.3. The number of hydrogen-bond acceptors (Lipinski definition) is 2. The maximum absolute atomic E-state index is 6.42. The summed E-state index contributed by atoms with van der Waals surface area (Å²) < 4.78 is 6.42. The zero-order chi connectivity index (χ0) is 34.6. The zero-order valence-electron chi connectivity index (χ0n) is 29.9. The van der Waals surface area contributed by atoms with Gasteiger partial charge in [-0.3, -0.25) is 0 Å². The Labute approximate surface area is 300 Å². The average molecular weight is 660 g/mol. The average Bonchev–Trinajstić information content (AvgIpc) is 3.73. The lowest BCUT2D eigenvalue weighted by atomic mass is 9.74. The van der Waals surface area contributed by atoms with Gasteiger partial charge in [0.15, 0.2) is 0 Å². The van der Waals surface area contributed by atoms with Crippen LogP contribution in [0.3, 0.4) is 0 Å². The fourth-order valence-electron chi connectivity index (χ4n) is 9.77. The molecule has 1 heterocycles. The third-order valence-corrected chi connectivity index (χ3v) is 12.1. The highest BCUT2D eigenvalue weighted by molar-refractivity contribution is 6.13. The summed E-state index contributed by atoms with van der Waals surface area (Å²) in [5.41, 5.74) is 18.9. The SMILES string of the molecule is CC1CC=CC2=C1C(C)(C)c1cccc(-c3ccc(N(c4ccc5c(c4)C(C)(C)c4ccccc4-5)c4cccc5oc6ccccc6c45)cc3)c12. The van der Waals surface area contributed by atoms with Gasteiger partial charge in [-0.15, -0.1) is 0 Å². The molecule has 0 N–H and O–H groups in total. The Bertz CT molecular complexity index is 2630. The molecule has 0 amide bonds. The van der Waals surface area contributed by atoms with E-state index >= 15 is 0 Å². The minimum absolute atomic E-state index is 0.0225. The highest BCUT2D eigenvalue weighted by Crippen LogP contribution is 2.55. The van der Waals surface area contributed by atoms with Crippen molar-refractivity contribution < 1.29 is 4.42 Å². The Morgan fingerprint density at radius 2 is 1.29 bits per heavy atom. The van der Waals surface area contributed by atoms with Crippen LogP contribution in [0.2, 0.25) is 0 Å². The van der Waals surface area contributed by atoms with Crippen molar-refractivity contribution in [2.75, 3.05) is 4.90 Å². The molecule has 0 saturated carbocycles. The molecule has 0 aliphatic heterocycles. The molecule has 3 aliphatic carbocycles. The number of rotatable bonds is 4. The van der Waals surface area contributed by atoms with Gasteiger partial charge in [0, 0.05) is 27.6 Å². The van der Waals surface area contributed by atoms with Gasteiger partial charge in [-0.2, -0.15) is 0 Å². The summed E-state index contributed by atoms with van der Waals surface area (Å²) >= 11 is 0. The summed E-state index contributed by atoms with van der Waals surface area (Å²) in [5.74, 6) is 0.544. The van der Waals surface area contributed by atoms with Gasteiger partial charge in [0.05, 0.1) is 11.1 Å². The Morgan fingerprint density at radius 3 is 2.16 bits per heavy atom. The van der Waals surface area contributed by atoms with Crippen LogP contribution in [0.25, 0.3) is 49.8 Å². The van der Waals surface area contributed by atoms with E-state index in [1.807, 2.05) is 6.07 Å². The van der Waals surface area contributed by atoms with Crippen LogP contribution in [0.1, 0.15) is 63.3 Å². The molecule has 1 aromatic heterocycles. The van der Waals surface area contributed by atoms with Crippen molar-refractivity contribution >= 4 is 44.6 Å². The predicted molar refractivity (Wildman–Crippen MR) is 214 cm³/mol. The normalized spacial score (nSPS) is 17.8. The van der Waals surface area contributed by atoms with Gasteiger partial charge < -0.3 is 9.32 Å². The van der Waals surface area contributed by atoms with Gasteiger partial charge >= 0.3 is 0 Å². The number of furan rings is 1. The second kappa shape index (κ2) is 10.7. The van der Waals surface area contributed by atoms with E-state index in [0.717, 1.165) is 45.4 Å². The van der Waals surface area contributed by atoms with Crippen LogP contribution in [0.5, 0.6) is 0 Å². The summed E-state index contributed by atoms with van der Waals surface area (Å²) in [6.45, 7) is 11.9. The molecule has 0 radical (unpaired) electrons. The number of para-hydroxylation sites is 1. The minimum atomic E-state index is -0.105. The molecular weight excluding hydrogens is 619 g/mol. The molecule has 0 bridgehead atoms. The molecule has 0 saturated heterocycles. The minimum Gasteiger partial charge on any atom is -0.456 e. The summed E-state index contributed by atoms with van der Waals surface area (Å²) in [6, 6.07) is 46.9. The first-order valence-electron chi connectivity index (χ1n) is 18.3. The smallest absolute Gasteiger partial charge is 0.137 e. The quantitative estimate of drug-likeness (QED) is 0.187. The summed E-state index contributed by atoms with van der Waals surface area (Å²) in [7, 11) is 0. The molecule has 0 spiro atoms. The third kappa shape index (κ3) is 4.23. The molecule has 3 aliphatic rings. The van der Waals surface area contributed by atoms with Crippen LogP contribution < -0.4 is 4.90 Å². The summed E-state index contributed by atoms with van der Waals surface area (Å²) in [4.78, 5) is 2.43. The molecule has 51 heavy (non-hydrogen) atoms. The van der Waals surface area contributed by atoms with Crippen LogP contribution in [-0.4, -0.2) is 0 Å². The van der Waals surface area contributed by atoms with E-state index in [-0.39, 0.29) is 10.8 Å². The number of fused-ring (bicyclic) bond motifs is 8. The fraction of sp³-hybridized carbons (Fsp3) is 0.184. The molecule has 1 atom stereocenters. The summed E-state index contributed by atoms with van der Waals surface area (Å²) in [5, 5.41) is 2.25. The molecule has 6 aromatic carbocycles. The van der Waals surface area contributed by atoms with Crippen LogP contribution in [0, 0.1) is 5.92 Å². The van der Waals surface area contributed by atoms with Crippen LogP contribution in [-0.2, 0) is 10.8 Å². The van der Waals surface area contributed by atoms with Gasteiger partial charge in [0.25, 0.3) is 0 Å². The highest BCUT2D eigenvalue weighted by atomic mass is 16.3. The lowest BCUT2D eigenvalue weighted by Crippen LogP contribution is -2.22. The van der Waals surface area contributed by atoms with Crippen LogP contribution in [0.4, 0.5) is 17.1 Å². The highest BCUT2D eigenvalue weighted by Gasteiger charge is 2.41. The largest absolute Gasteiger partial charge is 0.456 e. The maximum Gasteiger partial charge on any atom is 0.137 e. The van der Waals surface area contributed by atoms with Crippen molar-refractivity contribution in [3.8, 4) is 22.3 Å². The van der Waals surface area contributed by atoms with Gasteiger partial charge in [-0.05, 0) is 110 Å². The van der Waals surface area contributed by atoms with Gasteiger partial charge in [0.1, 0.15) is 11.2 Å². The van der Waals surface area contributed by atoms with Crippen LogP contribution in [0.15, 0.2) is 150 Å². The van der Waals surface area contributed by atoms with Gasteiger partial charge in [-0.1, -0.05) is 132 Å². The van der Waals surface area contributed by atoms with E-state index in [2.05, 4.69) is 173 Å². The van der Waals surface area contributed by atoms with Crippen molar-refractivity contribution in [1.82, 2.24) is 0 Å². The zero-order valence-corrected chi connectivity index (χ0v) is 29.9. The van der Waals surface area contributed by atoms with E-state index in [1.165, 1.54) is 50.1 Å². The fourth-order valence-corrected chi connectivity index (χ4v) is 9.77. The number of benzene rings is 6. The molecule has 2 nitrogen and oxygen atoms in total. The Balaban J connectivity index is 1.16. The molecule has 248 valence electrons. The number of hydrogen-bond donors (Lipinski definition) is 0. The van der Waals surface area contributed by atoms with E-state index in [9.17, 15) is 0 Å². The van der Waals surface area contributed by atoms with Crippen molar-refractivity contribution in [2.24, 2.45) is 5.92 Å². The monoisotopic (exact) mass is 659 g/mol. The molecule has 2 heteroatoms. The Kier molecular flexibility index (Phi) is 6.35. The lowest BCUT2D eigenvalue weighted by molar-refractivity contribution is 0.530. The Morgan fingerprint density at radius 1 is 0.608 bits per heavy atom. The second-order valence-electron chi connectivity index (χ2n) is 15.8. The van der Waals surface area contributed by atoms with Crippen LogP contribution >= 0.6 is 0 Å². The molecular formula is C49H41NO. The standard InChI is InChI=1S/C49H41NO/c1-30-13-10-17-38-45-34(16-11-19-40(45)49(4,5)47(30)38)31-23-25-32(26-24-31)50(42-20-12-22-44-46(42)37-15-7-9-21-43(37)51-44)33-27-28-36-35-14-6-8-18-39(35)48(2,3)41(36)29-33/h6-12,14-30H,13H2,1-5H3. The van der Waals surface area contributed by atoms with E-state index in [1.54, 1.807) is 5.57 Å². The third-order valence-electron chi connectivity index (χ3n) is 12.1. The predicted octanol–water partition coefficient (Wildman–Crippen LogP) is 13.7. The number of anilines is 3. The maximum atomic E-state index is 6.42. The van der Waals surface area contributed by atoms with E-state index in [4.69, 9.17) is 4.42 Å². The van der Waals surface area contributed by atoms with Gasteiger partial charge in [0.2, 0.25) is 0 Å². The molecule has 0 fully saturated rings. The van der Waals surface area contributed by atoms with Crippen molar-refractivity contribution in [2.45, 2.75) is 51.9 Å². The first kappa shape index (κ1) is 30.2. The molecule has 7 aromatic rings. The number of allylic oxidation sites excluding steroid dienone is 4. The van der Waals surface area contributed by atoms with E-state index < -0.39 is 0 Å². The Hall–Kier alpha value is -5.60. The summed E-state index contributed by atoms with van der Waals surface area (Å²) in [6.07, 6.45) is 5.86. The first-order chi connectivity index (χ1) is 24.7. The molecule has 10 rings (SSSR count). The second-order valence-corrected chi connectivity index (χ2v) is 15.8.